The molecule has 0 saturated heterocycles. The highest BCUT2D eigenvalue weighted by molar-refractivity contribution is 9.10. The summed E-state index contributed by atoms with van der Waals surface area (Å²) in [6, 6.07) is 13.0. The Hall–Kier alpha value is -1.85. The second kappa shape index (κ2) is 9.45. The lowest BCUT2D eigenvalue weighted by Gasteiger charge is -2.10. The minimum absolute atomic E-state index is 0.443. The first-order chi connectivity index (χ1) is 11.6. The lowest BCUT2D eigenvalue weighted by Crippen LogP contribution is -2.14. The fourth-order valence-electron chi connectivity index (χ4n) is 2.27. The summed E-state index contributed by atoms with van der Waals surface area (Å²) in [6.45, 7) is 4.12. The molecule has 0 aliphatic rings. The fourth-order valence-corrected chi connectivity index (χ4v) is 2.73. The van der Waals surface area contributed by atoms with Crippen LogP contribution in [0.15, 0.2) is 46.9 Å². The molecule has 0 saturated carbocycles. The number of nitrogens with one attached hydrogen (secondary N) is 1. The first kappa shape index (κ1) is 18.5. The van der Waals surface area contributed by atoms with E-state index in [2.05, 4.69) is 28.2 Å². The van der Waals surface area contributed by atoms with Crippen molar-refractivity contribution in [3.05, 3.63) is 58.1 Å². The van der Waals surface area contributed by atoms with E-state index >= 15 is 0 Å². The van der Waals surface area contributed by atoms with E-state index in [4.69, 9.17) is 10.5 Å². The maximum Gasteiger partial charge on any atom is 0.248 e. The van der Waals surface area contributed by atoms with Crippen molar-refractivity contribution < 1.29 is 9.53 Å². The van der Waals surface area contributed by atoms with E-state index in [-0.39, 0.29) is 0 Å². The zero-order valence-corrected chi connectivity index (χ0v) is 15.4. The highest BCUT2D eigenvalue weighted by Gasteiger charge is 2.07. The van der Waals surface area contributed by atoms with Crippen molar-refractivity contribution in [2.45, 2.75) is 32.7 Å². The average Bonchev–Trinajstić information content (AvgIpc) is 2.58. The minimum atomic E-state index is -0.460. The molecule has 0 aliphatic carbocycles. The SMILES string of the molecule is CCCCCNCc1ccc(Oc2ccc(C(N)=O)cc2Br)cc1. The molecule has 2 rings (SSSR count). The maximum absolute atomic E-state index is 11.2. The predicted octanol–water partition coefficient (Wildman–Crippen LogP) is 4.62. The smallest absolute Gasteiger partial charge is 0.248 e. The molecule has 0 atom stereocenters. The number of ether oxygens (including phenoxy) is 1. The molecule has 4 nitrogen and oxygen atoms in total. The van der Waals surface area contributed by atoms with Crippen LogP contribution in [0, 0.1) is 0 Å². The third kappa shape index (κ3) is 5.65. The van der Waals surface area contributed by atoms with Gasteiger partial charge in [0.15, 0.2) is 0 Å². The Morgan fingerprint density at radius 1 is 1.17 bits per heavy atom. The Labute approximate surface area is 151 Å². The van der Waals surface area contributed by atoms with Crippen LogP contribution in [-0.4, -0.2) is 12.5 Å². The number of amides is 1. The topological polar surface area (TPSA) is 64.3 Å². The molecule has 0 heterocycles. The summed E-state index contributed by atoms with van der Waals surface area (Å²) in [5.41, 5.74) is 6.93. The maximum atomic E-state index is 11.2. The molecule has 3 N–H and O–H groups in total. The molecule has 24 heavy (non-hydrogen) atoms. The van der Waals surface area contributed by atoms with E-state index in [0.717, 1.165) is 18.8 Å². The molecular weight excluding hydrogens is 368 g/mol. The number of primary amides is 1. The molecule has 1 amide bonds. The summed E-state index contributed by atoms with van der Waals surface area (Å²) in [7, 11) is 0. The van der Waals surface area contributed by atoms with Gasteiger partial charge in [0.05, 0.1) is 4.47 Å². The van der Waals surface area contributed by atoms with Gasteiger partial charge in [-0.15, -0.1) is 0 Å². The Kier molecular flexibility index (Phi) is 7.28. The summed E-state index contributed by atoms with van der Waals surface area (Å²) in [5, 5.41) is 3.44. The number of hydrogen-bond donors (Lipinski definition) is 2. The van der Waals surface area contributed by atoms with Gasteiger partial charge < -0.3 is 15.8 Å². The second-order valence-electron chi connectivity index (χ2n) is 5.64. The lowest BCUT2D eigenvalue weighted by atomic mass is 10.2. The summed E-state index contributed by atoms with van der Waals surface area (Å²) in [6.07, 6.45) is 3.72. The minimum Gasteiger partial charge on any atom is -0.456 e. The van der Waals surface area contributed by atoms with Gasteiger partial charge in [-0.05, 0) is 64.8 Å². The van der Waals surface area contributed by atoms with Gasteiger partial charge in [-0.25, -0.2) is 0 Å². The van der Waals surface area contributed by atoms with Crippen LogP contribution in [0.4, 0.5) is 0 Å². The molecular formula is C19H23BrN2O2. The van der Waals surface area contributed by atoms with E-state index in [1.165, 1.54) is 24.8 Å². The number of nitrogens with two attached hydrogens (primary N) is 1. The number of benzene rings is 2. The molecule has 128 valence electrons. The highest BCUT2D eigenvalue weighted by atomic mass is 79.9. The van der Waals surface area contributed by atoms with Crippen molar-refractivity contribution in [2.75, 3.05) is 6.54 Å². The van der Waals surface area contributed by atoms with Crippen LogP contribution in [-0.2, 0) is 6.54 Å². The summed E-state index contributed by atoms with van der Waals surface area (Å²) >= 11 is 3.40. The third-order valence-corrected chi connectivity index (χ3v) is 4.27. The van der Waals surface area contributed by atoms with Crippen molar-refractivity contribution in [3.63, 3.8) is 0 Å². The van der Waals surface area contributed by atoms with E-state index in [9.17, 15) is 4.79 Å². The zero-order chi connectivity index (χ0) is 17.4. The van der Waals surface area contributed by atoms with Crippen molar-refractivity contribution in [3.8, 4) is 11.5 Å². The number of rotatable bonds is 9. The predicted molar refractivity (Wildman–Crippen MR) is 100 cm³/mol. The van der Waals surface area contributed by atoms with Crippen LogP contribution in [0.5, 0.6) is 11.5 Å². The zero-order valence-electron chi connectivity index (χ0n) is 13.8. The summed E-state index contributed by atoms with van der Waals surface area (Å²) < 4.78 is 6.53. The molecule has 0 aromatic heterocycles. The van der Waals surface area contributed by atoms with E-state index in [0.29, 0.717) is 15.8 Å². The van der Waals surface area contributed by atoms with Crippen LogP contribution in [0.25, 0.3) is 0 Å². The largest absolute Gasteiger partial charge is 0.456 e. The molecule has 2 aromatic rings. The standard InChI is InChI=1S/C19H23BrN2O2/c1-2-3-4-11-22-13-14-5-8-16(9-6-14)24-18-10-7-15(19(21)23)12-17(18)20/h5-10,12,22H,2-4,11,13H2,1H3,(H2,21,23). The molecule has 2 aromatic carbocycles. The normalized spacial score (nSPS) is 10.6. The Bertz CT molecular complexity index is 672. The summed E-state index contributed by atoms with van der Waals surface area (Å²) in [5.74, 6) is 0.931. The first-order valence-corrected chi connectivity index (χ1v) is 8.96. The molecule has 5 heteroatoms. The lowest BCUT2D eigenvalue weighted by molar-refractivity contribution is 0.1000. The van der Waals surface area contributed by atoms with E-state index in [1.54, 1.807) is 18.2 Å². The van der Waals surface area contributed by atoms with Gasteiger partial charge in [0, 0.05) is 12.1 Å². The molecule has 0 radical (unpaired) electrons. The van der Waals surface area contributed by atoms with Gasteiger partial charge in [0.1, 0.15) is 11.5 Å². The molecule has 0 spiro atoms. The Morgan fingerprint density at radius 2 is 1.92 bits per heavy atom. The van der Waals surface area contributed by atoms with Gasteiger partial charge >= 0.3 is 0 Å². The Morgan fingerprint density at radius 3 is 2.54 bits per heavy atom. The van der Waals surface area contributed by atoms with Gasteiger partial charge in [0.25, 0.3) is 0 Å². The quantitative estimate of drug-likeness (QED) is 0.613. The van der Waals surface area contributed by atoms with Crippen molar-refractivity contribution >= 4 is 21.8 Å². The molecule has 0 unspecified atom stereocenters. The molecule has 0 bridgehead atoms. The van der Waals surface area contributed by atoms with E-state index < -0.39 is 5.91 Å². The van der Waals surface area contributed by atoms with Crippen LogP contribution in [0.1, 0.15) is 42.1 Å². The third-order valence-electron chi connectivity index (χ3n) is 3.65. The first-order valence-electron chi connectivity index (χ1n) is 8.17. The van der Waals surface area contributed by atoms with E-state index in [1.807, 2.05) is 24.3 Å². The van der Waals surface area contributed by atoms with Gasteiger partial charge in [-0.2, -0.15) is 0 Å². The van der Waals surface area contributed by atoms with Crippen LogP contribution in [0.3, 0.4) is 0 Å². The Balaban J connectivity index is 1.90. The number of unbranched alkanes of at least 4 members (excludes halogenated alkanes) is 2. The van der Waals surface area contributed by atoms with Crippen LogP contribution < -0.4 is 15.8 Å². The summed E-state index contributed by atoms with van der Waals surface area (Å²) in [4.78, 5) is 11.2. The number of hydrogen-bond acceptors (Lipinski definition) is 3. The van der Waals surface area contributed by atoms with Crippen molar-refractivity contribution in [1.29, 1.82) is 0 Å². The second-order valence-corrected chi connectivity index (χ2v) is 6.49. The number of carbonyl (C=O) groups excluding carboxylic acids is 1. The van der Waals surface area contributed by atoms with Crippen molar-refractivity contribution in [1.82, 2.24) is 5.32 Å². The highest BCUT2D eigenvalue weighted by Crippen LogP contribution is 2.30. The van der Waals surface area contributed by atoms with Gasteiger partial charge in [0.2, 0.25) is 5.91 Å². The monoisotopic (exact) mass is 390 g/mol. The van der Waals surface area contributed by atoms with Gasteiger partial charge in [-0.3, -0.25) is 4.79 Å². The van der Waals surface area contributed by atoms with Crippen LogP contribution in [0.2, 0.25) is 0 Å². The number of halogens is 1. The molecule has 0 aliphatic heterocycles. The fraction of sp³-hybridized carbons (Fsp3) is 0.316. The van der Waals surface area contributed by atoms with Crippen molar-refractivity contribution in [2.24, 2.45) is 5.73 Å². The average molecular weight is 391 g/mol. The number of carbonyl (C=O) groups is 1. The molecule has 0 fully saturated rings. The van der Waals surface area contributed by atoms with Crippen LogP contribution >= 0.6 is 15.9 Å². The van der Waals surface area contributed by atoms with Gasteiger partial charge in [-0.1, -0.05) is 31.9 Å².